The van der Waals surface area contributed by atoms with Gasteiger partial charge in [-0.3, -0.25) is 4.79 Å². The molecule has 0 fully saturated rings. The zero-order valence-electron chi connectivity index (χ0n) is 11.6. The molecule has 0 aliphatic carbocycles. The van der Waals surface area contributed by atoms with Gasteiger partial charge in [0.15, 0.2) is 0 Å². The summed E-state index contributed by atoms with van der Waals surface area (Å²) in [6, 6.07) is 15.3. The molecule has 0 aliphatic heterocycles. The summed E-state index contributed by atoms with van der Waals surface area (Å²) in [4.78, 5) is 11.4. The van der Waals surface area contributed by atoms with Crippen LogP contribution in [0, 0.1) is 0 Å². The van der Waals surface area contributed by atoms with Crippen LogP contribution in [-0.2, 0) is 6.54 Å². The minimum atomic E-state index is -0.0698. The van der Waals surface area contributed by atoms with Crippen molar-refractivity contribution in [2.75, 3.05) is 19.5 Å². The molecule has 104 valence electrons. The molecule has 2 N–H and O–H groups in total. The number of carbonyl (C=O) groups is 1. The van der Waals surface area contributed by atoms with E-state index in [2.05, 4.69) is 10.6 Å². The highest BCUT2D eigenvalue weighted by Gasteiger charge is 2.02. The van der Waals surface area contributed by atoms with Crippen molar-refractivity contribution in [1.82, 2.24) is 5.32 Å². The van der Waals surface area contributed by atoms with Crippen molar-refractivity contribution in [2.45, 2.75) is 6.54 Å². The molecule has 0 radical (unpaired) electrons. The lowest BCUT2D eigenvalue weighted by molar-refractivity contribution is 0.0963. The van der Waals surface area contributed by atoms with Gasteiger partial charge in [0, 0.05) is 24.8 Å². The van der Waals surface area contributed by atoms with E-state index in [1.54, 1.807) is 14.2 Å². The fourth-order valence-electron chi connectivity index (χ4n) is 1.83. The van der Waals surface area contributed by atoms with Gasteiger partial charge in [0.1, 0.15) is 5.75 Å². The Kier molecular flexibility index (Phi) is 4.60. The normalized spacial score (nSPS) is 9.90. The number of rotatable bonds is 5. The maximum Gasteiger partial charge on any atom is 0.251 e. The first kappa shape index (κ1) is 13.9. The first-order chi connectivity index (χ1) is 9.72. The Morgan fingerprint density at radius 2 is 1.70 bits per heavy atom. The molecule has 0 atom stereocenters. The highest BCUT2D eigenvalue weighted by Crippen LogP contribution is 2.16. The number of benzene rings is 2. The predicted octanol–water partition coefficient (Wildman–Crippen LogP) is 2.67. The van der Waals surface area contributed by atoms with Gasteiger partial charge in [-0.25, -0.2) is 0 Å². The number of ether oxygens (including phenoxy) is 1. The smallest absolute Gasteiger partial charge is 0.251 e. The number of amides is 1. The average Bonchev–Trinajstić information content (AvgIpc) is 2.53. The third-order valence-corrected chi connectivity index (χ3v) is 3.03. The molecule has 2 aromatic carbocycles. The van der Waals surface area contributed by atoms with Crippen molar-refractivity contribution in [3.05, 3.63) is 59.7 Å². The highest BCUT2D eigenvalue weighted by molar-refractivity contribution is 5.93. The van der Waals surface area contributed by atoms with Crippen molar-refractivity contribution in [3.63, 3.8) is 0 Å². The molecule has 4 nitrogen and oxygen atoms in total. The lowest BCUT2D eigenvalue weighted by Crippen LogP contribution is -2.17. The fourth-order valence-corrected chi connectivity index (χ4v) is 1.83. The summed E-state index contributed by atoms with van der Waals surface area (Å²) in [7, 11) is 3.28. The standard InChI is InChI=1S/C16H18N2O2/c1-17-16(19)13-5-3-12(4-6-13)11-18-14-7-9-15(20-2)10-8-14/h3-10,18H,11H2,1-2H3,(H,17,19). The number of carbonyl (C=O) groups excluding carboxylic acids is 1. The van der Waals surface area contributed by atoms with Gasteiger partial charge in [-0.1, -0.05) is 12.1 Å². The van der Waals surface area contributed by atoms with E-state index in [1.165, 1.54) is 0 Å². The second-order valence-corrected chi connectivity index (χ2v) is 4.36. The monoisotopic (exact) mass is 270 g/mol. The van der Waals surface area contributed by atoms with E-state index < -0.39 is 0 Å². The summed E-state index contributed by atoms with van der Waals surface area (Å²) >= 11 is 0. The van der Waals surface area contributed by atoms with E-state index in [0.29, 0.717) is 12.1 Å². The van der Waals surface area contributed by atoms with Crippen LogP contribution in [0.3, 0.4) is 0 Å². The number of hydrogen-bond acceptors (Lipinski definition) is 3. The van der Waals surface area contributed by atoms with Crippen molar-refractivity contribution < 1.29 is 9.53 Å². The maximum absolute atomic E-state index is 11.4. The third kappa shape index (κ3) is 3.51. The van der Waals surface area contributed by atoms with Gasteiger partial charge in [0.2, 0.25) is 0 Å². The van der Waals surface area contributed by atoms with Crippen molar-refractivity contribution >= 4 is 11.6 Å². The van der Waals surface area contributed by atoms with Crippen LogP contribution < -0.4 is 15.4 Å². The van der Waals surface area contributed by atoms with E-state index in [9.17, 15) is 4.79 Å². The third-order valence-electron chi connectivity index (χ3n) is 3.03. The van der Waals surface area contributed by atoms with Gasteiger partial charge < -0.3 is 15.4 Å². The molecule has 0 unspecified atom stereocenters. The Morgan fingerprint density at radius 3 is 2.25 bits per heavy atom. The summed E-state index contributed by atoms with van der Waals surface area (Å²) in [5.74, 6) is 0.769. The van der Waals surface area contributed by atoms with Crippen molar-refractivity contribution in [2.24, 2.45) is 0 Å². The lowest BCUT2D eigenvalue weighted by Gasteiger charge is -2.08. The molecule has 0 spiro atoms. The molecule has 0 aliphatic rings. The number of hydrogen-bond donors (Lipinski definition) is 2. The number of methoxy groups -OCH3 is 1. The SMILES string of the molecule is CNC(=O)c1ccc(CNc2ccc(OC)cc2)cc1. The van der Waals surface area contributed by atoms with Crippen LogP contribution in [0.2, 0.25) is 0 Å². The van der Waals surface area contributed by atoms with Crippen LogP contribution in [0.25, 0.3) is 0 Å². The number of anilines is 1. The summed E-state index contributed by atoms with van der Waals surface area (Å²) in [6.07, 6.45) is 0. The molecule has 2 rings (SSSR count). The quantitative estimate of drug-likeness (QED) is 0.878. The van der Waals surface area contributed by atoms with E-state index in [1.807, 2.05) is 48.5 Å². The average molecular weight is 270 g/mol. The fraction of sp³-hybridized carbons (Fsp3) is 0.188. The summed E-state index contributed by atoms with van der Waals surface area (Å²) in [5.41, 5.74) is 2.82. The molecule has 0 saturated carbocycles. The molecular weight excluding hydrogens is 252 g/mol. The lowest BCUT2D eigenvalue weighted by atomic mass is 10.1. The Balaban J connectivity index is 1.94. The molecule has 0 aromatic heterocycles. The van der Waals surface area contributed by atoms with Crippen molar-refractivity contribution in [3.8, 4) is 5.75 Å². The minimum Gasteiger partial charge on any atom is -0.497 e. The first-order valence-electron chi connectivity index (χ1n) is 6.42. The van der Waals surface area contributed by atoms with Crippen LogP contribution in [0.15, 0.2) is 48.5 Å². The topological polar surface area (TPSA) is 50.4 Å². The Labute approximate surface area is 118 Å². The van der Waals surface area contributed by atoms with Crippen LogP contribution >= 0.6 is 0 Å². The van der Waals surface area contributed by atoms with Gasteiger partial charge in [0.25, 0.3) is 5.91 Å². The van der Waals surface area contributed by atoms with Gasteiger partial charge in [-0.2, -0.15) is 0 Å². The van der Waals surface area contributed by atoms with Crippen LogP contribution in [0.1, 0.15) is 15.9 Å². The van der Waals surface area contributed by atoms with Gasteiger partial charge in [-0.05, 0) is 42.0 Å². The molecule has 2 aromatic rings. The molecule has 1 amide bonds. The summed E-state index contributed by atoms with van der Waals surface area (Å²) in [5, 5.41) is 5.92. The zero-order valence-corrected chi connectivity index (χ0v) is 11.6. The Bertz CT molecular complexity index is 562. The largest absolute Gasteiger partial charge is 0.497 e. The Hall–Kier alpha value is -2.49. The highest BCUT2D eigenvalue weighted by atomic mass is 16.5. The zero-order chi connectivity index (χ0) is 14.4. The van der Waals surface area contributed by atoms with E-state index in [-0.39, 0.29) is 5.91 Å². The number of nitrogens with one attached hydrogen (secondary N) is 2. The van der Waals surface area contributed by atoms with E-state index in [0.717, 1.165) is 17.0 Å². The molecule has 0 saturated heterocycles. The molecular formula is C16H18N2O2. The van der Waals surface area contributed by atoms with Gasteiger partial charge >= 0.3 is 0 Å². The molecule has 4 heteroatoms. The molecule has 0 heterocycles. The van der Waals surface area contributed by atoms with Gasteiger partial charge in [0.05, 0.1) is 7.11 Å². The maximum atomic E-state index is 11.4. The van der Waals surface area contributed by atoms with Crippen LogP contribution in [0.4, 0.5) is 5.69 Å². The Morgan fingerprint density at radius 1 is 1.05 bits per heavy atom. The van der Waals surface area contributed by atoms with Crippen LogP contribution in [0.5, 0.6) is 5.75 Å². The summed E-state index contributed by atoms with van der Waals surface area (Å²) < 4.78 is 5.11. The molecule has 0 bridgehead atoms. The van der Waals surface area contributed by atoms with Crippen LogP contribution in [-0.4, -0.2) is 20.1 Å². The first-order valence-corrected chi connectivity index (χ1v) is 6.42. The summed E-state index contributed by atoms with van der Waals surface area (Å²) in [6.45, 7) is 0.709. The van der Waals surface area contributed by atoms with E-state index >= 15 is 0 Å². The van der Waals surface area contributed by atoms with E-state index in [4.69, 9.17) is 4.74 Å². The van der Waals surface area contributed by atoms with Crippen molar-refractivity contribution in [1.29, 1.82) is 0 Å². The predicted molar refractivity (Wildman–Crippen MR) is 80.2 cm³/mol. The van der Waals surface area contributed by atoms with Gasteiger partial charge in [-0.15, -0.1) is 0 Å². The second kappa shape index (κ2) is 6.61. The minimum absolute atomic E-state index is 0.0698. The second-order valence-electron chi connectivity index (χ2n) is 4.36. The molecule has 20 heavy (non-hydrogen) atoms.